The van der Waals surface area contributed by atoms with Crippen molar-refractivity contribution < 1.29 is 19.0 Å². The second-order valence-electron chi connectivity index (χ2n) is 6.37. The SMILES string of the molecule is CO[C@@H]1CCCN(C(=O)N[C@@H](C)c2ccc3c(c2)OCCCO3)C1. The highest BCUT2D eigenvalue weighted by Crippen LogP contribution is 2.32. The van der Waals surface area contributed by atoms with Crippen molar-refractivity contribution in [1.29, 1.82) is 0 Å². The van der Waals surface area contributed by atoms with Gasteiger partial charge in [-0.3, -0.25) is 0 Å². The summed E-state index contributed by atoms with van der Waals surface area (Å²) < 4.78 is 16.8. The molecule has 132 valence electrons. The van der Waals surface area contributed by atoms with Gasteiger partial charge in [0.15, 0.2) is 11.5 Å². The first kappa shape index (κ1) is 16.9. The predicted molar refractivity (Wildman–Crippen MR) is 90.6 cm³/mol. The van der Waals surface area contributed by atoms with Gasteiger partial charge in [-0.05, 0) is 37.5 Å². The molecule has 0 radical (unpaired) electrons. The van der Waals surface area contributed by atoms with E-state index in [2.05, 4.69) is 5.32 Å². The number of amides is 2. The van der Waals surface area contributed by atoms with Gasteiger partial charge in [-0.2, -0.15) is 0 Å². The molecule has 6 nitrogen and oxygen atoms in total. The van der Waals surface area contributed by atoms with Crippen LogP contribution in [0.15, 0.2) is 18.2 Å². The molecule has 0 aliphatic carbocycles. The Bertz CT molecular complexity index is 578. The molecule has 2 heterocycles. The van der Waals surface area contributed by atoms with Crippen LogP contribution in [0.1, 0.15) is 37.8 Å². The highest BCUT2D eigenvalue weighted by atomic mass is 16.5. The summed E-state index contributed by atoms with van der Waals surface area (Å²) in [6.07, 6.45) is 3.01. The van der Waals surface area contributed by atoms with Crippen molar-refractivity contribution in [1.82, 2.24) is 10.2 Å². The Balaban J connectivity index is 1.63. The fourth-order valence-electron chi connectivity index (χ4n) is 3.12. The highest BCUT2D eigenvalue weighted by molar-refractivity contribution is 5.75. The van der Waals surface area contributed by atoms with E-state index in [0.717, 1.165) is 42.9 Å². The molecule has 0 unspecified atom stereocenters. The number of methoxy groups -OCH3 is 1. The third-order valence-electron chi connectivity index (χ3n) is 4.61. The zero-order valence-electron chi connectivity index (χ0n) is 14.4. The van der Waals surface area contributed by atoms with Crippen molar-refractivity contribution in [2.24, 2.45) is 0 Å². The van der Waals surface area contributed by atoms with Crippen LogP contribution < -0.4 is 14.8 Å². The molecule has 1 N–H and O–H groups in total. The highest BCUT2D eigenvalue weighted by Gasteiger charge is 2.24. The Hall–Kier alpha value is -1.95. The number of hydrogen-bond donors (Lipinski definition) is 1. The van der Waals surface area contributed by atoms with E-state index in [1.54, 1.807) is 7.11 Å². The van der Waals surface area contributed by atoms with Crippen molar-refractivity contribution >= 4 is 6.03 Å². The molecular weight excluding hydrogens is 308 g/mol. The summed E-state index contributed by atoms with van der Waals surface area (Å²) in [6, 6.07) is 5.71. The molecule has 0 spiro atoms. The number of nitrogens with zero attached hydrogens (tertiary/aromatic N) is 1. The van der Waals surface area contributed by atoms with Crippen LogP contribution >= 0.6 is 0 Å². The Morgan fingerprint density at radius 3 is 2.88 bits per heavy atom. The molecule has 3 rings (SSSR count). The third kappa shape index (κ3) is 3.93. The molecule has 2 atom stereocenters. The van der Waals surface area contributed by atoms with Gasteiger partial charge in [0.2, 0.25) is 0 Å². The minimum absolute atomic E-state index is 0.0450. The molecule has 2 amide bonds. The monoisotopic (exact) mass is 334 g/mol. The fraction of sp³-hybridized carbons (Fsp3) is 0.611. The Morgan fingerprint density at radius 1 is 1.29 bits per heavy atom. The second kappa shape index (κ2) is 7.75. The third-order valence-corrected chi connectivity index (χ3v) is 4.61. The Kier molecular flexibility index (Phi) is 5.45. The maximum Gasteiger partial charge on any atom is 0.317 e. The summed E-state index contributed by atoms with van der Waals surface area (Å²) in [6.45, 7) is 4.74. The van der Waals surface area contributed by atoms with Crippen molar-refractivity contribution in [2.75, 3.05) is 33.4 Å². The van der Waals surface area contributed by atoms with E-state index in [1.165, 1.54) is 0 Å². The van der Waals surface area contributed by atoms with Crippen molar-refractivity contribution in [3.8, 4) is 11.5 Å². The van der Waals surface area contributed by atoms with Crippen molar-refractivity contribution in [3.05, 3.63) is 23.8 Å². The van der Waals surface area contributed by atoms with E-state index in [-0.39, 0.29) is 18.2 Å². The van der Waals surface area contributed by atoms with Crippen LogP contribution in [0, 0.1) is 0 Å². The lowest BCUT2D eigenvalue weighted by atomic mass is 10.1. The zero-order chi connectivity index (χ0) is 16.9. The van der Waals surface area contributed by atoms with E-state index in [4.69, 9.17) is 14.2 Å². The number of rotatable bonds is 3. The smallest absolute Gasteiger partial charge is 0.317 e. The average Bonchev–Trinajstić information content (AvgIpc) is 2.86. The summed E-state index contributed by atoms with van der Waals surface area (Å²) in [4.78, 5) is 14.3. The van der Waals surface area contributed by atoms with Gasteiger partial charge in [0.05, 0.1) is 25.4 Å². The van der Waals surface area contributed by atoms with Crippen LogP contribution in [0.5, 0.6) is 11.5 Å². The second-order valence-corrected chi connectivity index (χ2v) is 6.37. The number of hydrogen-bond acceptors (Lipinski definition) is 4. The quantitative estimate of drug-likeness (QED) is 0.923. The molecule has 1 saturated heterocycles. The lowest BCUT2D eigenvalue weighted by Crippen LogP contribution is -2.48. The number of urea groups is 1. The molecule has 2 aliphatic heterocycles. The lowest BCUT2D eigenvalue weighted by molar-refractivity contribution is 0.0431. The van der Waals surface area contributed by atoms with Crippen LogP contribution in [0.3, 0.4) is 0 Å². The number of ether oxygens (including phenoxy) is 3. The van der Waals surface area contributed by atoms with Crippen LogP contribution in [-0.2, 0) is 4.74 Å². The standard InChI is InChI=1S/C18H26N2O4/c1-13(19-18(21)20-8-3-5-15(12-20)22-2)14-6-7-16-17(11-14)24-10-4-9-23-16/h6-7,11,13,15H,3-5,8-10,12H2,1-2H3,(H,19,21)/t13-,15+/m0/s1. The molecule has 1 aromatic rings. The molecule has 6 heteroatoms. The average molecular weight is 334 g/mol. The van der Waals surface area contributed by atoms with Crippen LogP contribution in [0.4, 0.5) is 4.79 Å². The molecule has 0 aromatic heterocycles. The first-order valence-electron chi connectivity index (χ1n) is 8.65. The van der Waals surface area contributed by atoms with Gasteiger partial charge >= 0.3 is 6.03 Å². The Labute approximate surface area is 143 Å². The maximum atomic E-state index is 12.5. The zero-order valence-corrected chi connectivity index (χ0v) is 14.4. The van der Waals surface area contributed by atoms with Gasteiger partial charge in [-0.1, -0.05) is 6.07 Å². The number of likely N-dealkylation sites (tertiary alicyclic amines) is 1. The predicted octanol–water partition coefficient (Wildman–Crippen LogP) is 2.73. The van der Waals surface area contributed by atoms with E-state index >= 15 is 0 Å². The normalized spacial score (nSPS) is 21.8. The van der Waals surface area contributed by atoms with E-state index in [9.17, 15) is 4.79 Å². The maximum absolute atomic E-state index is 12.5. The molecule has 1 fully saturated rings. The van der Waals surface area contributed by atoms with Gasteiger partial charge in [-0.25, -0.2) is 4.79 Å². The van der Waals surface area contributed by atoms with Crippen LogP contribution in [0.2, 0.25) is 0 Å². The molecule has 2 aliphatic rings. The van der Waals surface area contributed by atoms with E-state index < -0.39 is 0 Å². The molecule has 24 heavy (non-hydrogen) atoms. The largest absolute Gasteiger partial charge is 0.490 e. The molecule has 0 bridgehead atoms. The summed E-state index contributed by atoms with van der Waals surface area (Å²) in [5.74, 6) is 1.53. The number of piperidine rings is 1. The van der Waals surface area contributed by atoms with Gasteiger partial charge < -0.3 is 24.4 Å². The lowest BCUT2D eigenvalue weighted by Gasteiger charge is -2.32. The first-order chi connectivity index (χ1) is 11.7. The Morgan fingerprint density at radius 2 is 2.08 bits per heavy atom. The van der Waals surface area contributed by atoms with Gasteiger partial charge in [0.25, 0.3) is 0 Å². The number of benzene rings is 1. The number of nitrogens with one attached hydrogen (secondary N) is 1. The molecule has 1 aromatic carbocycles. The van der Waals surface area contributed by atoms with Crippen molar-refractivity contribution in [2.45, 2.75) is 38.3 Å². The minimum Gasteiger partial charge on any atom is -0.490 e. The van der Waals surface area contributed by atoms with Crippen molar-refractivity contribution in [3.63, 3.8) is 0 Å². The molecule has 0 saturated carbocycles. The van der Waals surface area contributed by atoms with Gasteiger partial charge in [0.1, 0.15) is 0 Å². The number of carbonyl (C=O) groups is 1. The topological polar surface area (TPSA) is 60.0 Å². The summed E-state index contributed by atoms with van der Waals surface area (Å²) in [5, 5.41) is 3.07. The van der Waals surface area contributed by atoms with Crippen LogP contribution in [0.25, 0.3) is 0 Å². The summed E-state index contributed by atoms with van der Waals surface area (Å²) in [7, 11) is 1.70. The summed E-state index contributed by atoms with van der Waals surface area (Å²) >= 11 is 0. The number of fused-ring (bicyclic) bond motifs is 1. The first-order valence-corrected chi connectivity index (χ1v) is 8.65. The van der Waals surface area contributed by atoms with E-state index in [0.29, 0.717) is 19.8 Å². The summed E-state index contributed by atoms with van der Waals surface area (Å²) in [5.41, 5.74) is 1.01. The van der Waals surface area contributed by atoms with Gasteiger partial charge in [-0.15, -0.1) is 0 Å². The minimum atomic E-state index is -0.0995. The number of carbonyl (C=O) groups excluding carboxylic acids is 1. The van der Waals surface area contributed by atoms with E-state index in [1.807, 2.05) is 30.0 Å². The van der Waals surface area contributed by atoms with Gasteiger partial charge in [0, 0.05) is 26.6 Å². The van der Waals surface area contributed by atoms with Crippen LogP contribution in [-0.4, -0.2) is 50.4 Å². The fourth-order valence-corrected chi connectivity index (χ4v) is 3.12. The molecular formula is C18H26N2O4.